The molecule has 1 rings (SSSR count). The fourth-order valence-corrected chi connectivity index (χ4v) is 2.38. The van der Waals surface area contributed by atoms with Gasteiger partial charge in [-0.1, -0.05) is 26.0 Å². The molecule has 0 radical (unpaired) electrons. The van der Waals surface area contributed by atoms with Crippen LogP contribution in [0.4, 0.5) is 4.39 Å². The summed E-state index contributed by atoms with van der Waals surface area (Å²) < 4.78 is 18.5. The Morgan fingerprint density at radius 1 is 1.30 bits per heavy atom. The highest BCUT2D eigenvalue weighted by Gasteiger charge is 2.22. The topological polar surface area (TPSA) is 29.5 Å². The van der Waals surface area contributed by atoms with Gasteiger partial charge in [0.2, 0.25) is 0 Å². The number of aryl methyl sites for hydroxylation is 1. The van der Waals surface area contributed by atoms with Crippen molar-refractivity contribution in [2.24, 2.45) is 0 Å². The third-order valence-corrected chi connectivity index (χ3v) is 3.49. The summed E-state index contributed by atoms with van der Waals surface area (Å²) in [7, 11) is 0. The highest BCUT2D eigenvalue weighted by Crippen LogP contribution is 2.26. The summed E-state index contributed by atoms with van der Waals surface area (Å²) in [6.07, 6.45) is 0.292. The predicted molar refractivity (Wildman–Crippen MR) is 78.0 cm³/mol. The van der Waals surface area contributed by atoms with Gasteiger partial charge in [0.05, 0.1) is 13.0 Å². The molecule has 0 saturated carbocycles. The number of hydrogen-bond acceptors (Lipinski definition) is 3. The van der Waals surface area contributed by atoms with Gasteiger partial charge in [-0.3, -0.25) is 9.69 Å². The lowest BCUT2D eigenvalue weighted by molar-refractivity contribution is -0.144. The molecule has 0 aliphatic heterocycles. The summed E-state index contributed by atoms with van der Waals surface area (Å²) in [5, 5.41) is 0. The van der Waals surface area contributed by atoms with Gasteiger partial charge >= 0.3 is 5.97 Å². The number of nitrogens with zero attached hydrogens (tertiary/aromatic N) is 1. The molecule has 1 atom stereocenters. The van der Waals surface area contributed by atoms with Gasteiger partial charge in [-0.15, -0.1) is 0 Å². The van der Waals surface area contributed by atoms with E-state index >= 15 is 0 Å². The molecule has 4 heteroatoms. The quantitative estimate of drug-likeness (QED) is 0.717. The van der Waals surface area contributed by atoms with Gasteiger partial charge in [0.1, 0.15) is 5.82 Å². The van der Waals surface area contributed by atoms with Gasteiger partial charge < -0.3 is 4.74 Å². The second-order valence-electron chi connectivity index (χ2n) is 4.75. The zero-order valence-corrected chi connectivity index (χ0v) is 12.8. The molecule has 0 aliphatic carbocycles. The van der Waals surface area contributed by atoms with Gasteiger partial charge in [0, 0.05) is 6.04 Å². The van der Waals surface area contributed by atoms with Crippen LogP contribution in [0.5, 0.6) is 0 Å². The van der Waals surface area contributed by atoms with Crippen LogP contribution >= 0.6 is 0 Å². The van der Waals surface area contributed by atoms with E-state index in [0.29, 0.717) is 18.6 Å². The average molecular weight is 281 g/mol. The lowest BCUT2D eigenvalue weighted by Crippen LogP contribution is -2.30. The number of halogens is 1. The van der Waals surface area contributed by atoms with Crippen molar-refractivity contribution in [1.29, 1.82) is 0 Å². The summed E-state index contributed by atoms with van der Waals surface area (Å²) in [6.45, 7) is 9.69. The molecule has 1 aromatic rings. The molecule has 112 valence electrons. The van der Waals surface area contributed by atoms with Crippen LogP contribution in [0.3, 0.4) is 0 Å². The zero-order chi connectivity index (χ0) is 15.1. The minimum Gasteiger partial charge on any atom is -0.466 e. The predicted octanol–water partition coefficient (Wildman–Crippen LogP) is 3.47. The molecule has 0 bridgehead atoms. The normalized spacial score (nSPS) is 12.5. The first-order chi connectivity index (χ1) is 9.53. The van der Waals surface area contributed by atoms with Crippen molar-refractivity contribution in [3.05, 3.63) is 35.1 Å². The molecule has 20 heavy (non-hydrogen) atoms. The third kappa shape index (κ3) is 4.30. The highest BCUT2D eigenvalue weighted by atomic mass is 19.1. The van der Waals surface area contributed by atoms with Crippen LogP contribution in [0.25, 0.3) is 0 Å². The molecular formula is C16H24FNO2. The molecule has 0 amide bonds. The number of carbonyl (C=O) groups excluding carboxylic acids is 1. The monoisotopic (exact) mass is 281 g/mol. The van der Waals surface area contributed by atoms with Gasteiger partial charge in [-0.05, 0) is 44.1 Å². The first-order valence-corrected chi connectivity index (χ1v) is 7.19. The molecule has 1 unspecified atom stereocenters. The fraction of sp³-hybridized carbons (Fsp3) is 0.562. The highest BCUT2D eigenvalue weighted by molar-refractivity contribution is 5.70. The summed E-state index contributed by atoms with van der Waals surface area (Å²) in [5.41, 5.74) is 1.56. The minimum absolute atomic E-state index is 0.0663. The second-order valence-corrected chi connectivity index (χ2v) is 4.75. The summed E-state index contributed by atoms with van der Waals surface area (Å²) in [5.74, 6) is -0.436. The van der Waals surface area contributed by atoms with Crippen LogP contribution in [0.15, 0.2) is 18.2 Å². The smallest absolute Gasteiger partial charge is 0.307 e. The number of rotatable bonds is 7. The first-order valence-electron chi connectivity index (χ1n) is 7.19. The standard InChI is InChI=1S/C16H24FNO2/c1-5-18(6-2)15(11-16(19)20-7-3)13-8-9-14(17)12(4)10-13/h8-10,15H,5-7,11H2,1-4H3. The van der Waals surface area contributed by atoms with Crippen LogP contribution in [-0.2, 0) is 9.53 Å². The van der Waals surface area contributed by atoms with Crippen molar-refractivity contribution in [3.8, 4) is 0 Å². The van der Waals surface area contributed by atoms with Gasteiger partial charge in [-0.25, -0.2) is 4.39 Å². The third-order valence-electron chi connectivity index (χ3n) is 3.49. The van der Waals surface area contributed by atoms with Crippen molar-refractivity contribution in [2.45, 2.75) is 40.2 Å². The van der Waals surface area contributed by atoms with E-state index in [2.05, 4.69) is 18.7 Å². The number of ether oxygens (including phenoxy) is 1. The van der Waals surface area contributed by atoms with Crippen LogP contribution in [0, 0.1) is 12.7 Å². The van der Waals surface area contributed by atoms with E-state index in [9.17, 15) is 9.18 Å². The maximum Gasteiger partial charge on any atom is 0.307 e. The van der Waals surface area contributed by atoms with E-state index in [1.165, 1.54) is 6.07 Å². The Kier molecular flexibility index (Phi) is 6.65. The van der Waals surface area contributed by atoms with E-state index in [0.717, 1.165) is 18.7 Å². The van der Waals surface area contributed by atoms with Crippen molar-refractivity contribution < 1.29 is 13.9 Å². The Labute approximate surface area is 120 Å². The molecule has 0 saturated heterocycles. The van der Waals surface area contributed by atoms with Crippen LogP contribution in [0.2, 0.25) is 0 Å². The molecule has 0 N–H and O–H groups in total. The molecular weight excluding hydrogens is 257 g/mol. The van der Waals surface area contributed by atoms with Crippen molar-refractivity contribution in [2.75, 3.05) is 19.7 Å². The molecule has 0 heterocycles. The van der Waals surface area contributed by atoms with Crippen LogP contribution in [-0.4, -0.2) is 30.6 Å². The van der Waals surface area contributed by atoms with E-state index < -0.39 is 0 Å². The van der Waals surface area contributed by atoms with Crippen molar-refractivity contribution in [1.82, 2.24) is 4.90 Å². The van der Waals surface area contributed by atoms with Gasteiger partial charge in [0.15, 0.2) is 0 Å². The molecule has 1 aromatic carbocycles. The molecule has 3 nitrogen and oxygen atoms in total. The SMILES string of the molecule is CCOC(=O)CC(c1ccc(F)c(C)c1)N(CC)CC. The van der Waals surface area contributed by atoms with Crippen molar-refractivity contribution in [3.63, 3.8) is 0 Å². The molecule has 0 spiro atoms. The van der Waals surface area contributed by atoms with E-state index in [1.54, 1.807) is 19.9 Å². The second kappa shape index (κ2) is 8.00. The first kappa shape index (κ1) is 16.6. The lowest BCUT2D eigenvalue weighted by Gasteiger charge is -2.29. The minimum atomic E-state index is -0.219. The van der Waals surface area contributed by atoms with E-state index in [-0.39, 0.29) is 17.8 Å². The molecule has 0 fully saturated rings. The number of carbonyl (C=O) groups is 1. The van der Waals surface area contributed by atoms with E-state index in [1.807, 2.05) is 6.07 Å². The maximum absolute atomic E-state index is 13.4. The zero-order valence-electron chi connectivity index (χ0n) is 12.8. The summed E-state index contributed by atoms with van der Waals surface area (Å²) >= 11 is 0. The summed E-state index contributed by atoms with van der Waals surface area (Å²) in [6, 6.07) is 4.97. The molecule has 0 aliphatic rings. The Morgan fingerprint density at radius 3 is 2.45 bits per heavy atom. The maximum atomic E-state index is 13.4. The largest absolute Gasteiger partial charge is 0.466 e. The fourth-order valence-electron chi connectivity index (χ4n) is 2.38. The van der Waals surface area contributed by atoms with E-state index in [4.69, 9.17) is 4.74 Å². The Hall–Kier alpha value is -1.42. The Balaban J connectivity index is 3.02. The number of benzene rings is 1. The van der Waals surface area contributed by atoms with Gasteiger partial charge in [-0.2, -0.15) is 0 Å². The number of hydrogen-bond donors (Lipinski definition) is 0. The average Bonchev–Trinajstić information content (AvgIpc) is 2.42. The Morgan fingerprint density at radius 2 is 1.95 bits per heavy atom. The summed E-state index contributed by atoms with van der Waals surface area (Å²) in [4.78, 5) is 14.0. The van der Waals surface area contributed by atoms with Crippen molar-refractivity contribution >= 4 is 5.97 Å². The van der Waals surface area contributed by atoms with Crippen LogP contribution < -0.4 is 0 Å². The van der Waals surface area contributed by atoms with Gasteiger partial charge in [0.25, 0.3) is 0 Å². The Bertz CT molecular complexity index is 444. The lowest BCUT2D eigenvalue weighted by atomic mass is 9.99. The van der Waals surface area contributed by atoms with Crippen LogP contribution in [0.1, 0.15) is 44.4 Å². The molecule has 0 aromatic heterocycles. The number of esters is 1.